The maximum Gasteiger partial charge on any atom is 0.269 e. The molecule has 0 saturated carbocycles. The highest BCUT2D eigenvalue weighted by Gasteiger charge is 2.29. The van der Waals surface area contributed by atoms with Gasteiger partial charge in [-0.15, -0.1) is 0 Å². The van der Waals surface area contributed by atoms with Gasteiger partial charge in [0.05, 0.1) is 36.2 Å². The first-order valence-corrected chi connectivity index (χ1v) is 51.5. The zero-order valence-electron chi connectivity index (χ0n) is 80.8. The molecule has 45 heteroatoms. The number of nitrogens with one attached hydrogen (secondary N) is 17. The fraction of sp³-hybridized carbons (Fsp3) is 0.125. The van der Waals surface area contributed by atoms with E-state index < -0.39 is 30.1 Å². The molecule has 0 radical (unpaired) electrons. The Kier molecular flexibility index (Phi) is 31.7. The molecule has 0 bridgehead atoms. The van der Waals surface area contributed by atoms with Crippen molar-refractivity contribution in [3.8, 4) is 0 Å². The van der Waals surface area contributed by atoms with Gasteiger partial charge in [-0.05, 0) is 268 Å². The molecule has 758 valence electrons. The first-order valence-electron chi connectivity index (χ1n) is 46.0. The fourth-order valence-corrected chi connectivity index (χ4v) is 20.6. The molecule has 3 aliphatic rings. The Balaban J connectivity index is 0.000000134. The second-order valence-corrected chi connectivity index (χ2v) is 40.4. The van der Waals surface area contributed by atoms with E-state index in [4.69, 9.17) is 77.9 Å². The van der Waals surface area contributed by atoms with Crippen LogP contribution in [0.3, 0.4) is 0 Å². The molecular weight excluding hydrogens is 2020 g/mol. The molecule has 3 aliphatic heterocycles. The third-order valence-electron chi connectivity index (χ3n) is 23.8. The molecule has 11 heterocycles. The number of aromatic nitrogens is 12. The zero-order valence-corrected chi connectivity index (χ0v) is 85.5. The molecule has 3 amide bonds. The number of rotatable bonds is 24. The number of halogens is 3. The van der Waals surface area contributed by atoms with Crippen molar-refractivity contribution in [3.05, 3.63) is 321 Å². The fourth-order valence-electron chi connectivity index (χ4n) is 16.2. The molecule has 21 rings (SSSR count). The van der Waals surface area contributed by atoms with Gasteiger partial charge in [-0.3, -0.25) is 14.4 Å². The summed E-state index contributed by atoms with van der Waals surface area (Å²) in [6.07, 6.45) is 14.8. The lowest BCUT2D eigenvalue weighted by Gasteiger charge is -2.18. The average molecular weight is 2120 g/mol. The Labute approximate surface area is 870 Å². The number of anilines is 19. The van der Waals surface area contributed by atoms with Crippen LogP contribution in [0.5, 0.6) is 0 Å². The third kappa shape index (κ3) is 23.9. The van der Waals surface area contributed by atoms with Crippen molar-refractivity contribution >= 4 is 261 Å². The van der Waals surface area contributed by atoms with Crippen LogP contribution in [-0.2, 0) is 63.7 Å². The summed E-state index contributed by atoms with van der Waals surface area (Å²) in [5, 5.41) is 69.2. The number of hydrogen-bond donors (Lipinski definition) is 19. The number of H-pyrrole nitrogens is 1. The molecule has 0 unspecified atom stereocenters. The molecule has 0 spiro atoms. The van der Waals surface area contributed by atoms with E-state index in [9.17, 15) is 39.6 Å². The van der Waals surface area contributed by atoms with Crippen LogP contribution in [0.1, 0.15) is 74.9 Å². The first kappa shape index (κ1) is 104. The molecule has 0 fully saturated rings. The van der Waals surface area contributed by atoms with Crippen LogP contribution in [0, 0.1) is 42.4 Å². The quantitative estimate of drug-likeness (QED) is 0.0116. The summed E-state index contributed by atoms with van der Waals surface area (Å²) < 4.78 is 82.3. The molecule has 0 saturated heterocycles. The van der Waals surface area contributed by atoms with Crippen LogP contribution >= 0.6 is 34.8 Å². The summed E-state index contributed by atoms with van der Waals surface area (Å²) in [5.41, 5.74) is 32.4. The monoisotopic (exact) mass is 2110 g/mol. The van der Waals surface area contributed by atoms with Crippen LogP contribution in [0.2, 0.25) is 15.7 Å². The van der Waals surface area contributed by atoms with Crippen LogP contribution in [0.4, 0.5) is 109 Å². The van der Waals surface area contributed by atoms with Crippen LogP contribution in [0.15, 0.2) is 264 Å². The molecule has 149 heavy (non-hydrogen) atoms. The predicted molar refractivity (Wildman–Crippen MR) is 594 cm³/mol. The number of nitrogens with zero attached hydrogens (tertiary/aromatic N) is 11. The SMILES string of the molecule is CNc1ccc(N)cc1C=N.CNc1ccc(Nc2nc(Cl)nc3c2ccn3S(=O)(=O)c2ccc(C)cc2)cc1C=N.CNc1ccc(Nc2nc(Nc3ccc4c(c3)CCC(=O)N4)nc3[nH]ccc23)cc1C=N.CNc1ccc(Nc2nc(Nc3ccc4c(c3)CCC(=O)N4)nc3c2ccn3S(=O)(=O)c2ccc(C)cc2)cc1C=N.Cc1ccc(S(=O)(=O)n2ccc3c(Cl)nc(Cl)nc32)cc1.Nc1ccc2c(c1)CCC(=O)N2. The number of fused-ring (bicyclic) bond motifs is 7. The molecule has 18 aromatic rings. The van der Waals surface area contributed by atoms with E-state index >= 15 is 0 Å². The first-order chi connectivity index (χ1) is 71.6. The van der Waals surface area contributed by atoms with Crippen LogP contribution in [-0.4, -0.2) is 153 Å². The Bertz CT molecular complexity index is 8630. The number of amides is 3. The second-order valence-electron chi connectivity index (χ2n) is 33.9. The van der Waals surface area contributed by atoms with Gasteiger partial charge in [0.25, 0.3) is 30.1 Å². The summed E-state index contributed by atoms with van der Waals surface area (Å²) in [6.45, 7) is 5.67. The van der Waals surface area contributed by atoms with E-state index in [1.807, 2.05) is 138 Å². The summed E-state index contributed by atoms with van der Waals surface area (Å²) in [7, 11) is -4.38. The summed E-state index contributed by atoms with van der Waals surface area (Å²) in [6, 6.07) is 65.5. The van der Waals surface area contributed by atoms with Gasteiger partial charge in [0, 0.05) is 199 Å². The van der Waals surface area contributed by atoms with Crippen molar-refractivity contribution in [1.29, 1.82) is 21.6 Å². The normalized spacial score (nSPS) is 12.3. The van der Waals surface area contributed by atoms with Gasteiger partial charge in [0.15, 0.2) is 16.9 Å². The second kappa shape index (κ2) is 45.3. The number of carbonyl (C=O) groups excluding carboxylic acids is 3. The van der Waals surface area contributed by atoms with Gasteiger partial charge >= 0.3 is 0 Å². The molecular formula is C104H99Cl3N30O9S3. The third-order valence-corrected chi connectivity index (χ3v) is 29.5. The van der Waals surface area contributed by atoms with Crippen molar-refractivity contribution in [1.82, 2.24) is 56.8 Å². The van der Waals surface area contributed by atoms with Crippen molar-refractivity contribution in [2.45, 2.75) is 74.0 Å². The largest absolute Gasteiger partial charge is 0.399 e. The van der Waals surface area contributed by atoms with Gasteiger partial charge in [0.2, 0.25) is 40.2 Å². The minimum absolute atomic E-state index is 0.0165. The Morgan fingerprint density at radius 2 is 0.658 bits per heavy atom. The standard InChI is InChI=1S/C30H28N8O3S.C23H22N8O.C21H19ClN6O2S.C13H9Cl2N3O2S.C9H10N2O.C8H11N3/c1-18-3-8-23(9-4-18)42(40,41)38-14-13-24-28(33-21-6-10-25(32-2)20(16-21)17-31)36-30(37-29(24)38)34-22-7-11-26-19(15-22)5-12-27(39)35-26;1-25-18-5-3-15(11-14(18)12-24)27-22-17-8-9-26-21(17)30-23(31-22)28-16-4-6-19-13(10-16)2-7-20(32)29-19;1-13-3-6-16(7-4-13)31(29,30)28-10-9-17-19(26-21(22)27-20(17)28)25-15-5-8-18(24-2)14(11-15)12-23;1-8-2-4-9(5-3-8)21(19,20)18-7-6-10-11(14)16-13(15)17-12(10)18;10-7-2-3-8-6(5-7)1-4-9(12)11-8;1-11-8-3-2-7(10)4-6(8)5-9/h3-4,6-11,13-17,31-32H,5,12H2,1-2H3,(H,35,39)(H2,33,34,36,37);3-6,8-12,24-25H,2,7H2,1H3,(H,29,32)(H3,26,27,28,30,31);3-12,23-24H,1-2H3,(H,25,26,27);2-7H,1H3;2-3,5H,1,4,10H2,(H,11,12);2-5,9,11H,10H2,1H3. The van der Waals surface area contributed by atoms with Gasteiger partial charge in [-0.1, -0.05) is 64.7 Å². The van der Waals surface area contributed by atoms with E-state index in [0.29, 0.717) is 111 Å². The molecule has 10 aromatic carbocycles. The predicted octanol–water partition coefficient (Wildman–Crippen LogP) is 19.9. The molecule has 39 nitrogen and oxygen atoms in total. The van der Waals surface area contributed by atoms with E-state index in [1.54, 1.807) is 141 Å². The number of nitrogens with two attached hydrogens (primary N) is 2. The Hall–Kier alpha value is -17.7. The van der Waals surface area contributed by atoms with Crippen molar-refractivity contribution < 1.29 is 39.6 Å². The molecule has 0 atom stereocenters. The lowest BCUT2D eigenvalue weighted by Crippen LogP contribution is -2.18. The summed E-state index contributed by atoms with van der Waals surface area (Å²) in [4.78, 5) is 72.7. The van der Waals surface area contributed by atoms with Crippen LogP contribution < -0.4 is 75.3 Å². The van der Waals surface area contributed by atoms with Gasteiger partial charge in [-0.25, -0.2) is 42.2 Å². The van der Waals surface area contributed by atoms with E-state index in [1.165, 1.54) is 43.4 Å². The Morgan fingerprint density at radius 1 is 0.336 bits per heavy atom. The van der Waals surface area contributed by atoms with E-state index in [0.717, 1.165) is 125 Å². The molecule has 0 aliphatic carbocycles. The lowest BCUT2D eigenvalue weighted by atomic mass is 10.0. The summed E-state index contributed by atoms with van der Waals surface area (Å²) in [5.74, 6) is 2.15. The lowest BCUT2D eigenvalue weighted by molar-refractivity contribution is -0.117. The maximum absolute atomic E-state index is 13.7. The van der Waals surface area contributed by atoms with Crippen molar-refractivity contribution in [2.24, 2.45) is 0 Å². The topological polar surface area (TPSA) is 579 Å². The minimum atomic E-state index is -3.96. The highest BCUT2D eigenvalue weighted by Crippen LogP contribution is 2.38. The van der Waals surface area contributed by atoms with Crippen molar-refractivity contribution in [2.75, 3.05) is 103 Å². The number of nitrogen functional groups attached to an aromatic ring is 2. The number of carbonyl (C=O) groups is 3. The van der Waals surface area contributed by atoms with E-state index in [2.05, 4.69) is 98.7 Å². The van der Waals surface area contributed by atoms with Gasteiger partial charge in [0.1, 0.15) is 28.3 Å². The zero-order chi connectivity index (χ0) is 106. The van der Waals surface area contributed by atoms with Crippen molar-refractivity contribution in [3.63, 3.8) is 0 Å². The highest BCUT2D eigenvalue weighted by atomic mass is 35.5. The number of aryl methyl sites for hydroxylation is 6. The Morgan fingerprint density at radius 3 is 1.07 bits per heavy atom. The number of aromatic amines is 1. The van der Waals surface area contributed by atoms with Gasteiger partial charge in [-0.2, -0.15) is 34.9 Å². The number of hydrogen-bond acceptors (Lipinski definition) is 32. The smallest absolute Gasteiger partial charge is 0.269 e. The summed E-state index contributed by atoms with van der Waals surface area (Å²) >= 11 is 17.8. The molecule has 21 N–H and O–H groups in total. The molecule has 8 aromatic heterocycles. The average Bonchev–Trinajstić information content (AvgIpc) is 1.61. The highest BCUT2D eigenvalue weighted by molar-refractivity contribution is 7.90. The van der Waals surface area contributed by atoms with Crippen LogP contribution in [0.25, 0.3) is 44.1 Å². The maximum atomic E-state index is 13.7. The van der Waals surface area contributed by atoms with Gasteiger partial charge < -0.3 is 102 Å². The van der Waals surface area contributed by atoms with E-state index in [-0.39, 0.29) is 71.0 Å². The number of benzene rings is 10. The minimum Gasteiger partial charge on any atom is -0.399 e.